The molecule has 0 saturated carbocycles. The van der Waals surface area contributed by atoms with Crippen molar-refractivity contribution in [3.05, 3.63) is 59.4 Å². The molecule has 4 heteroatoms. The fourth-order valence-electron chi connectivity index (χ4n) is 2.20. The van der Waals surface area contributed by atoms with E-state index in [9.17, 15) is 9.90 Å². The minimum Gasteiger partial charge on any atom is -0.508 e. The van der Waals surface area contributed by atoms with Gasteiger partial charge < -0.3 is 14.7 Å². The molecule has 0 bridgehead atoms. The molecule has 2 aromatic rings. The number of rotatable bonds is 2. The second kappa shape index (κ2) is 4.98. The Balaban J connectivity index is 1.90. The molecule has 0 spiro atoms. The SMILES string of the molecule is CN(C)c1ccc(C=C2Oc3cc(O)ccc3C2=O)cc1. The van der Waals surface area contributed by atoms with Gasteiger partial charge in [0.25, 0.3) is 0 Å². The van der Waals surface area contributed by atoms with Gasteiger partial charge in [-0.2, -0.15) is 0 Å². The quantitative estimate of drug-likeness (QED) is 0.859. The van der Waals surface area contributed by atoms with E-state index < -0.39 is 0 Å². The first kappa shape index (κ1) is 13.2. The molecule has 106 valence electrons. The summed E-state index contributed by atoms with van der Waals surface area (Å²) in [6.45, 7) is 0. The fraction of sp³-hybridized carbons (Fsp3) is 0.118. The minimum atomic E-state index is -0.165. The average molecular weight is 281 g/mol. The monoisotopic (exact) mass is 281 g/mol. The number of aromatic hydroxyl groups is 1. The number of hydrogen-bond donors (Lipinski definition) is 1. The summed E-state index contributed by atoms with van der Waals surface area (Å²) in [4.78, 5) is 14.2. The number of benzene rings is 2. The largest absolute Gasteiger partial charge is 0.508 e. The zero-order chi connectivity index (χ0) is 15.0. The van der Waals surface area contributed by atoms with Crippen LogP contribution in [-0.2, 0) is 0 Å². The van der Waals surface area contributed by atoms with Crippen LogP contribution >= 0.6 is 0 Å². The van der Waals surface area contributed by atoms with E-state index >= 15 is 0 Å². The number of phenolic OH excluding ortho intramolecular Hbond substituents is 1. The van der Waals surface area contributed by atoms with Crippen molar-refractivity contribution >= 4 is 17.5 Å². The molecule has 3 rings (SSSR count). The van der Waals surface area contributed by atoms with Gasteiger partial charge in [-0.15, -0.1) is 0 Å². The van der Waals surface area contributed by atoms with Crippen LogP contribution < -0.4 is 9.64 Å². The molecule has 0 aliphatic carbocycles. The van der Waals surface area contributed by atoms with Gasteiger partial charge in [-0.3, -0.25) is 4.79 Å². The normalized spacial score (nSPS) is 15.0. The van der Waals surface area contributed by atoms with Crippen molar-refractivity contribution in [3.63, 3.8) is 0 Å². The molecule has 0 radical (unpaired) electrons. The van der Waals surface area contributed by atoms with Crippen LogP contribution in [0.2, 0.25) is 0 Å². The first-order chi connectivity index (χ1) is 10.0. The van der Waals surface area contributed by atoms with Gasteiger partial charge in [0.2, 0.25) is 5.78 Å². The van der Waals surface area contributed by atoms with Gasteiger partial charge in [-0.25, -0.2) is 0 Å². The van der Waals surface area contributed by atoms with Crippen LogP contribution in [0, 0.1) is 0 Å². The molecule has 0 atom stereocenters. The lowest BCUT2D eigenvalue weighted by Crippen LogP contribution is -2.08. The van der Waals surface area contributed by atoms with E-state index in [4.69, 9.17) is 4.74 Å². The lowest BCUT2D eigenvalue weighted by molar-refractivity contribution is 0.101. The third-order valence-corrected chi connectivity index (χ3v) is 3.36. The Morgan fingerprint density at radius 3 is 2.48 bits per heavy atom. The highest BCUT2D eigenvalue weighted by molar-refractivity contribution is 6.14. The smallest absolute Gasteiger partial charge is 0.231 e. The second-order valence-electron chi connectivity index (χ2n) is 5.11. The molecule has 4 nitrogen and oxygen atoms in total. The van der Waals surface area contributed by atoms with Crippen LogP contribution in [-0.4, -0.2) is 25.0 Å². The topological polar surface area (TPSA) is 49.8 Å². The van der Waals surface area contributed by atoms with E-state index in [0.717, 1.165) is 11.3 Å². The van der Waals surface area contributed by atoms with E-state index in [-0.39, 0.29) is 17.3 Å². The molecule has 2 aromatic carbocycles. The van der Waals surface area contributed by atoms with Gasteiger partial charge in [-0.1, -0.05) is 12.1 Å². The first-order valence-corrected chi connectivity index (χ1v) is 6.59. The van der Waals surface area contributed by atoms with Crippen LogP contribution in [0.1, 0.15) is 15.9 Å². The van der Waals surface area contributed by atoms with Gasteiger partial charge in [-0.05, 0) is 35.9 Å². The van der Waals surface area contributed by atoms with Gasteiger partial charge >= 0.3 is 0 Å². The average Bonchev–Trinajstić information content (AvgIpc) is 2.75. The van der Waals surface area contributed by atoms with Gasteiger partial charge in [0.05, 0.1) is 5.56 Å². The maximum absolute atomic E-state index is 12.2. The first-order valence-electron chi connectivity index (χ1n) is 6.59. The predicted molar refractivity (Wildman–Crippen MR) is 81.8 cm³/mol. The van der Waals surface area contributed by atoms with E-state index in [1.807, 2.05) is 43.3 Å². The number of fused-ring (bicyclic) bond motifs is 1. The molecule has 1 heterocycles. The maximum Gasteiger partial charge on any atom is 0.231 e. The Labute approximate surface area is 122 Å². The molecule has 1 aliphatic rings. The van der Waals surface area contributed by atoms with Crippen LogP contribution in [0.15, 0.2) is 48.2 Å². The number of nitrogens with zero attached hydrogens (tertiary/aromatic N) is 1. The standard InChI is InChI=1S/C17H15NO3/c1-18(2)12-5-3-11(4-6-12)9-16-17(20)14-8-7-13(19)10-15(14)21-16/h3-10,19H,1-2H3. The molecule has 0 saturated heterocycles. The van der Waals surface area contributed by atoms with Crippen molar-refractivity contribution in [2.24, 2.45) is 0 Å². The van der Waals surface area contributed by atoms with Crippen molar-refractivity contribution in [2.75, 3.05) is 19.0 Å². The van der Waals surface area contributed by atoms with Gasteiger partial charge in [0, 0.05) is 25.8 Å². The molecule has 0 unspecified atom stereocenters. The number of ether oxygens (including phenoxy) is 1. The van der Waals surface area contributed by atoms with E-state index in [2.05, 4.69) is 0 Å². The molecule has 0 fully saturated rings. The summed E-state index contributed by atoms with van der Waals surface area (Å²) < 4.78 is 5.52. The molecule has 1 aliphatic heterocycles. The summed E-state index contributed by atoms with van der Waals surface area (Å²) >= 11 is 0. The number of anilines is 1. The Bertz CT molecular complexity index is 730. The Kier molecular flexibility index (Phi) is 3.14. The highest BCUT2D eigenvalue weighted by Gasteiger charge is 2.27. The summed E-state index contributed by atoms with van der Waals surface area (Å²) in [5, 5.41) is 9.43. The Hall–Kier alpha value is -2.75. The fourth-order valence-corrected chi connectivity index (χ4v) is 2.20. The number of carbonyl (C=O) groups excluding carboxylic acids is 1. The summed E-state index contributed by atoms with van der Waals surface area (Å²) in [6, 6.07) is 12.3. The summed E-state index contributed by atoms with van der Waals surface area (Å²) in [6.07, 6.45) is 1.71. The van der Waals surface area contributed by atoms with Crippen LogP contribution in [0.5, 0.6) is 11.5 Å². The number of Topliss-reactive ketones (excluding diaryl/α,β-unsaturated/α-hetero) is 1. The van der Waals surface area contributed by atoms with E-state index in [1.54, 1.807) is 12.1 Å². The summed E-state index contributed by atoms with van der Waals surface area (Å²) in [5.41, 5.74) is 2.45. The Morgan fingerprint density at radius 2 is 1.81 bits per heavy atom. The van der Waals surface area contributed by atoms with Crippen LogP contribution in [0.25, 0.3) is 6.08 Å². The zero-order valence-electron chi connectivity index (χ0n) is 11.8. The highest BCUT2D eigenvalue weighted by atomic mass is 16.5. The zero-order valence-corrected chi connectivity index (χ0v) is 11.8. The van der Waals surface area contributed by atoms with Crippen molar-refractivity contribution in [1.29, 1.82) is 0 Å². The number of hydrogen-bond acceptors (Lipinski definition) is 4. The third-order valence-electron chi connectivity index (χ3n) is 3.36. The van der Waals surface area contributed by atoms with Crippen molar-refractivity contribution < 1.29 is 14.6 Å². The lowest BCUT2D eigenvalue weighted by atomic mass is 10.1. The van der Waals surface area contributed by atoms with Crippen LogP contribution in [0.3, 0.4) is 0 Å². The van der Waals surface area contributed by atoms with Gasteiger partial charge in [0.1, 0.15) is 11.5 Å². The number of ketones is 1. The minimum absolute atomic E-state index is 0.0816. The molecule has 21 heavy (non-hydrogen) atoms. The lowest BCUT2D eigenvalue weighted by Gasteiger charge is -2.11. The van der Waals surface area contributed by atoms with E-state index in [1.165, 1.54) is 12.1 Å². The van der Waals surface area contributed by atoms with E-state index in [0.29, 0.717) is 11.3 Å². The number of phenols is 1. The molecular weight excluding hydrogens is 266 g/mol. The molecule has 0 amide bonds. The number of carbonyl (C=O) groups is 1. The molecular formula is C17H15NO3. The maximum atomic E-state index is 12.2. The van der Waals surface area contributed by atoms with Gasteiger partial charge in [0.15, 0.2) is 5.76 Å². The molecule has 1 N–H and O–H groups in total. The van der Waals surface area contributed by atoms with Crippen molar-refractivity contribution in [1.82, 2.24) is 0 Å². The Morgan fingerprint density at radius 1 is 1.10 bits per heavy atom. The summed E-state index contributed by atoms with van der Waals surface area (Å²) in [7, 11) is 3.94. The van der Waals surface area contributed by atoms with Crippen molar-refractivity contribution in [2.45, 2.75) is 0 Å². The second-order valence-corrected chi connectivity index (χ2v) is 5.11. The number of allylic oxidation sites excluding steroid dienone is 1. The predicted octanol–water partition coefficient (Wildman–Crippen LogP) is 3.07. The molecule has 0 aromatic heterocycles. The highest BCUT2D eigenvalue weighted by Crippen LogP contribution is 2.34. The summed E-state index contributed by atoms with van der Waals surface area (Å²) in [5.74, 6) is 0.587. The van der Waals surface area contributed by atoms with Crippen molar-refractivity contribution in [3.8, 4) is 11.5 Å². The van der Waals surface area contributed by atoms with Crippen LogP contribution in [0.4, 0.5) is 5.69 Å². The third kappa shape index (κ3) is 2.48.